The van der Waals surface area contributed by atoms with Crippen molar-refractivity contribution >= 4 is 15.7 Å². The van der Waals surface area contributed by atoms with E-state index in [1.807, 2.05) is 6.92 Å². The third-order valence-corrected chi connectivity index (χ3v) is 7.86. The van der Waals surface area contributed by atoms with Crippen LogP contribution in [0.5, 0.6) is 0 Å². The first-order chi connectivity index (χ1) is 12.9. The minimum Gasteiger partial charge on any atom is -0.381 e. The normalized spacial score (nSPS) is 21.6. The number of halogens is 1. The monoisotopic (exact) mass is 397 g/mol. The van der Waals surface area contributed by atoms with Crippen LogP contribution in [-0.4, -0.2) is 50.8 Å². The van der Waals surface area contributed by atoms with Gasteiger partial charge in [0.15, 0.2) is 9.84 Å². The fraction of sp³-hybridized carbons (Fsp3) is 0.650. The predicted octanol–water partition coefficient (Wildman–Crippen LogP) is 3.43. The molecular weight excluding hydrogens is 369 g/mol. The molecule has 0 spiro atoms. The Morgan fingerprint density at radius 3 is 2.67 bits per heavy atom. The highest BCUT2D eigenvalue weighted by Gasteiger charge is 2.32. The molecule has 150 valence electrons. The van der Waals surface area contributed by atoms with Crippen LogP contribution in [0.2, 0.25) is 0 Å². The second-order valence-corrected chi connectivity index (χ2v) is 9.74. The molecule has 0 radical (unpaired) electrons. The number of amides is 1. The largest absolute Gasteiger partial charge is 0.381 e. The Labute approximate surface area is 160 Å². The number of ether oxygens (including phenoxy) is 1. The summed E-state index contributed by atoms with van der Waals surface area (Å²) >= 11 is 0. The zero-order valence-corrected chi connectivity index (χ0v) is 16.6. The van der Waals surface area contributed by atoms with Crippen molar-refractivity contribution in [2.24, 2.45) is 5.92 Å². The van der Waals surface area contributed by atoms with Crippen LogP contribution in [0.15, 0.2) is 23.1 Å². The zero-order valence-electron chi connectivity index (χ0n) is 15.8. The van der Waals surface area contributed by atoms with E-state index in [1.54, 1.807) is 4.90 Å². The lowest BCUT2D eigenvalue weighted by Gasteiger charge is -2.32. The molecule has 2 aliphatic rings. The van der Waals surface area contributed by atoms with Crippen LogP contribution in [-0.2, 0) is 14.6 Å². The SMILES string of the molecule is CCOCC1CCCN(C(=O)c2cc(S(=O)(=O)C3CCCC3)ccc2F)C1. The number of hydrogen-bond acceptors (Lipinski definition) is 4. The summed E-state index contributed by atoms with van der Waals surface area (Å²) in [7, 11) is -3.52. The summed E-state index contributed by atoms with van der Waals surface area (Å²) in [5, 5.41) is -0.420. The van der Waals surface area contributed by atoms with Crippen LogP contribution in [0.1, 0.15) is 55.8 Å². The van der Waals surface area contributed by atoms with E-state index >= 15 is 0 Å². The van der Waals surface area contributed by atoms with Crippen LogP contribution < -0.4 is 0 Å². The van der Waals surface area contributed by atoms with Crippen molar-refractivity contribution in [3.63, 3.8) is 0 Å². The number of carbonyl (C=O) groups excluding carboxylic acids is 1. The molecule has 0 N–H and O–H groups in total. The molecule has 2 fully saturated rings. The topological polar surface area (TPSA) is 63.7 Å². The Bertz CT molecular complexity index is 774. The fourth-order valence-electron chi connectivity index (χ4n) is 4.08. The maximum absolute atomic E-state index is 14.4. The van der Waals surface area contributed by atoms with Gasteiger partial charge in [0.05, 0.1) is 22.3 Å². The molecule has 3 rings (SSSR count). The molecule has 1 unspecified atom stereocenters. The molecule has 5 nitrogen and oxygen atoms in total. The van der Waals surface area contributed by atoms with E-state index in [0.29, 0.717) is 39.1 Å². The summed E-state index contributed by atoms with van der Waals surface area (Å²) in [6.07, 6.45) is 4.87. The van der Waals surface area contributed by atoms with Gasteiger partial charge < -0.3 is 9.64 Å². The second-order valence-electron chi connectivity index (χ2n) is 7.51. The number of benzene rings is 1. The molecule has 27 heavy (non-hydrogen) atoms. The van der Waals surface area contributed by atoms with Gasteiger partial charge in [-0.3, -0.25) is 4.79 Å². The molecule has 1 saturated heterocycles. The van der Waals surface area contributed by atoms with E-state index in [9.17, 15) is 17.6 Å². The minimum absolute atomic E-state index is 0.0574. The Kier molecular flexibility index (Phi) is 6.52. The summed E-state index contributed by atoms with van der Waals surface area (Å²) in [5.41, 5.74) is -0.147. The molecule has 1 aromatic carbocycles. The summed E-state index contributed by atoms with van der Waals surface area (Å²) in [4.78, 5) is 14.6. The van der Waals surface area contributed by atoms with Gasteiger partial charge in [0.1, 0.15) is 5.82 Å². The van der Waals surface area contributed by atoms with Gasteiger partial charge in [-0.15, -0.1) is 0 Å². The average molecular weight is 398 g/mol. The van der Waals surface area contributed by atoms with Crippen molar-refractivity contribution in [1.29, 1.82) is 0 Å². The number of piperidine rings is 1. The predicted molar refractivity (Wildman–Crippen MR) is 101 cm³/mol. The van der Waals surface area contributed by atoms with E-state index in [-0.39, 0.29) is 16.4 Å². The van der Waals surface area contributed by atoms with Crippen molar-refractivity contribution < 1.29 is 22.3 Å². The summed E-state index contributed by atoms with van der Waals surface area (Å²) < 4.78 is 45.4. The molecule has 7 heteroatoms. The van der Waals surface area contributed by atoms with Gasteiger partial charge in [-0.1, -0.05) is 12.8 Å². The number of sulfone groups is 1. The maximum atomic E-state index is 14.4. The van der Waals surface area contributed by atoms with Crippen LogP contribution >= 0.6 is 0 Å². The molecule has 1 amide bonds. The Morgan fingerprint density at radius 2 is 1.96 bits per heavy atom. The summed E-state index contributed by atoms with van der Waals surface area (Å²) in [5.74, 6) is -0.870. The first-order valence-electron chi connectivity index (χ1n) is 9.84. The maximum Gasteiger partial charge on any atom is 0.256 e. The smallest absolute Gasteiger partial charge is 0.256 e. The minimum atomic E-state index is -3.52. The van der Waals surface area contributed by atoms with E-state index in [0.717, 1.165) is 31.7 Å². The van der Waals surface area contributed by atoms with Gasteiger partial charge in [-0.05, 0) is 56.7 Å². The lowest BCUT2D eigenvalue weighted by atomic mass is 9.98. The number of carbonyl (C=O) groups is 1. The molecule has 0 bridgehead atoms. The highest BCUT2D eigenvalue weighted by atomic mass is 32.2. The Hall–Kier alpha value is -1.47. The first kappa shape index (κ1) is 20.3. The quantitative estimate of drug-likeness (QED) is 0.690. The molecule has 1 aromatic rings. The van der Waals surface area contributed by atoms with Crippen LogP contribution in [0, 0.1) is 11.7 Å². The van der Waals surface area contributed by atoms with Crippen molar-refractivity contribution in [3.05, 3.63) is 29.6 Å². The van der Waals surface area contributed by atoms with Gasteiger partial charge in [0.2, 0.25) is 0 Å². The fourth-order valence-corrected chi connectivity index (χ4v) is 5.96. The Balaban J connectivity index is 1.80. The second kappa shape index (κ2) is 8.69. The van der Waals surface area contributed by atoms with Gasteiger partial charge in [-0.25, -0.2) is 12.8 Å². The highest BCUT2D eigenvalue weighted by molar-refractivity contribution is 7.92. The van der Waals surface area contributed by atoms with Gasteiger partial charge in [0, 0.05) is 19.7 Å². The third kappa shape index (κ3) is 4.51. The standard InChI is InChI=1S/C20H28FNO4S/c1-2-26-14-15-6-5-11-22(13-15)20(23)18-12-17(9-10-19(18)21)27(24,25)16-7-3-4-8-16/h9-10,12,15-16H,2-8,11,13-14H2,1H3. The highest BCUT2D eigenvalue weighted by Crippen LogP contribution is 2.31. The van der Waals surface area contributed by atoms with Crippen LogP contribution in [0.25, 0.3) is 0 Å². The molecule has 1 aliphatic heterocycles. The lowest BCUT2D eigenvalue weighted by Crippen LogP contribution is -2.41. The van der Waals surface area contributed by atoms with Gasteiger partial charge in [-0.2, -0.15) is 0 Å². The van der Waals surface area contributed by atoms with Gasteiger partial charge >= 0.3 is 0 Å². The molecule has 1 aliphatic carbocycles. The summed E-state index contributed by atoms with van der Waals surface area (Å²) in [6, 6.07) is 3.63. The summed E-state index contributed by atoms with van der Waals surface area (Å²) in [6.45, 7) is 4.20. The first-order valence-corrected chi connectivity index (χ1v) is 11.4. The number of nitrogens with zero attached hydrogens (tertiary/aromatic N) is 1. The van der Waals surface area contributed by atoms with Crippen molar-refractivity contribution in [3.8, 4) is 0 Å². The van der Waals surface area contributed by atoms with Gasteiger partial charge in [0.25, 0.3) is 5.91 Å². The number of rotatable bonds is 6. The van der Waals surface area contributed by atoms with E-state index in [4.69, 9.17) is 4.74 Å². The molecular formula is C20H28FNO4S. The Morgan fingerprint density at radius 1 is 1.22 bits per heavy atom. The number of likely N-dealkylation sites (tertiary alicyclic amines) is 1. The molecule has 0 aromatic heterocycles. The van der Waals surface area contributed by atoms with Crippen molar-refractivity contribution in [2.45, 2.75) is 55.6 Å². The van der Waals surface area contributed by atoms with E-state index < -0.39 is 26.8 Å². The van der Waals surface area contributed by atoms with Crippen LogP contribution in [0.4, 0.5) is 4.39 Å². The molecule has 1 atom stereocenters. The van der Waals surface area contributed by atoms with E-state index in [1.165, 1.54) is 12.1 Å². The number of hydrogen-bond donors (Lipinski definition) is 0. The van der Waals surface area contributed by atoms with E-state index in [2.05, 4.69) is 0 Å². The zero-order chi connectivity index (χ0) is 19.4. The molecule has 1 saturated carbocycles. The lowest BCUT2D eigenvalue weighted by molar-refractivity contribution is 0.0497. The van der Waals surface area contributed by atoms with Crippen molar-refractivity contribution in [1.82, 2.24) is 4.90 Å². The van der Waals surface area contributed by atoms with Crippen LogP contribution in [0.3, 0.4) is 0 Å². The molecule has 1 heterocycles. The third-order valence-electron chi connectivity index (χ3n) is 5.60. The average Bonchev–Trinajstić information content (AvgIpc) is 3.22. The van der Waals surface area contributed by atoms with Crippen molar-refractivity contribution in [2.75, 3.05) is 26.3 Å².